The molecule has 0 saturated heterocycles. The summed E-state index contributed by atoms with van der Waals surface area (Å²) in [6.45, 7) is 4.54. The summed E-state index contributed by atoms with van der Waals surface area (Å²) in [5.74, 6) is 6.57. The normalized spacial score (nSPS) is 15.4. The Balaban J connectivity index is 1.05. The van der Waals surface area contributed by atoms with Crippen molar-refractivity contribution in [1.82, 2.24) is 4.57 Å². The number of benzene rings is 8. The summed E-state index contributed by atoms with van der Waals surface area (Å²) in [5, 5.41) is 4.75. The van der Waals surface area contributed by atoms with Crippen LogP contribution < -0.4 is 4.90 Å². The molecule has 250 valence electrons. The van der Waals surface area contributed by atoms with Gasteiger partial charge >= 0.3 is 0 Å². The second kappa shape index (κ2) is 12.2. The molecule has 9 aromatic rings. The Morgan fingerprint density at radius 1 is 0.547 bits per heavy atom. The van der Waals surface area contributed by atoms with Crippen molar-refractivity contribution in [2.24, 2.45) is 0 Å². The summed E-state index contributed by atoms with van der Waals surface area (Å²) < 4.78 is 86.9. The van der Waals surface area contributed by atoms with Crippen LogP contribution >= 0.6 is 0 Å². The van der Waals surface area contributed by atoms with Gasteiger partial charge in [0, 0.05) is 50.1 Å². The van der Waals surface area contributed by atoms with E-state index in [0.717, 1.165) is 32.8 Å². The first-order valence-corrected chi connectivity index (χ1v) is 17.5. The number of nitrogens with zero attached hydrogens (tertiary/aromatic N) is 2. The number of para-hydroxylation sites is 3. The molecule has 0 saturated carbocycles. The molecular formula is C51H36N2. The van der Waals surface area contributed by atoms with E-state index in [1.807, 2.05) is 6.07 Å². The van der Waals surface area contributed by atoms with Crippen molar-refractivity contribution in [2.45, 2.75) is 19.3 Å². The molecule has 0 spiro atoms. The van der Waals surface area contributed by atoms with Gasteiger partial charge in [-0.2, -0.15) is 0 Å². The molecule has 0 amide bonds. The Hall–Kier alpha value is -6.82. The number of fused-ring (bicyclic) bond motifs is 8. The molecule has 0 aliphatic heterocycles. The third kappa shape index (κ3) is 5.05. The summed E-state index contributed by atoms with van der Waals surface area (Å²) in [6.07, 6.45) is 0. The maximum atomic E-state index is 8.73. The van der Waals surface area contributed by atoms with Crippen molar-refractivity contribution in [2.75, 3.05) is 4.90 Å². The average molecular weight is 687 g/mol. The lowest BCUT2D eigenvalue weighted by Gasteiger charge is -2.25. The Bertz CT molecular complexity index is 3380. The summed E-state index contributed by atoms with van der Waals surface area (Å²) in [7, 11) is 0. The lowest BCUT2D eigenvalue weighted by Crippen LogP contribution is -2.16. The number of aromatic nitrogens is 1. The van der Waals surface area contributed by atoms with Gasteiger partial charge in [0.05, 0.1) is 24.7 Å². The van der Waals surface area contributed by atoms with E-state index < -0.39 is 60.4 Å². The zero-order valence-electron chi connectivity index (χ0n) is 38.9. The van der Waals surface area contributed by atoms with Gasteiger partial charge in [0.25, 0.3) is 0 Å². The van der Waals surface area contributed by atoms with Gasteiger partial charge in [-0.05, 0) is 112 Å². The molecule has 0 fully saturated rings. The van der Waals surface area contributed by atoms with Crippen molar-refractivity contribution < 1.29 is 13.7 Å². The van der Waals surface area contributed by atoms with Crippen LogP contribution in [0.1, 0.15) is 49.8 Å². The van der Waals surface area contributed by atoms with E-state index in [2.05, 4.69) is 121 Å². The molecule has 8 aromatic carbocycles. The van der Waals surface area contributed by atoms with Crippen LogP contribution in [0.2, 0.25) is 0 Å². The van der Waals surface area contributed by atoms with E-state index in [0.29, 0.717) is 5.56 Å². The Labute approximate surface area is 324 Å². The summed E-state index contributed by atoms with van der Waals surface area (Å²) in [6, 6.07) is 34.9. The molecule has 1 heterocycles. The van der Waals surface area contributed by atoms with Crippen LogP contribution in [0.3, 0.4) is 0 Å². The highest BCUT2D eigenvalue weighted by molar-refractivity contribution is 6.13. The average Bonchev–Trinajstić information content (AvgIpc) is 3.75. The second-order valence-electron chi connectivity index (χ2n) is 13.7. The maximum absolute atomic E-state index is 8.73. The minimum Gasteiger partial charge on any atom is -0.311 e. The van der Waals surface area contributed by atoms with E-state index in [9.17, 15) is 0 Å². The zero-order valence-corrected chi connectivity index (χ0v) is 28.9. The molecule has 53 heavy (non-hydrogen) atoms. The Morgan fingerprint density at radius 2 is 1.19 bits per heavy atom. The highest BCUT2D eigenvalue weighted by Gasteiger charge is 2.38. The molecule has 1 aliphatic rings. The van der Waals surface area contributed by atoms with Crippen molar-refractivity contribution >= 4 is 49.6 Å². The number of anilines is 3. The minimum absolute atomic E-state index is 0.210. The highest BCUT2D eigenvalue weighted by Crippen LogP contribution is 2.53. The van der Waals surface area contributed by atoms with Gasteiger partial charge in [-0.3, -0.25) is 0 Å². The van der Waals surface area contributed by atoms with Gasteiger partial charge in [-0.1, -0.05) is 129 Å². The van der Waals surface area contributed by atoms with Crippen molar-refractivity contribution in [3.05, 3.63) is 204 Å². The van der Waals surface area contributed by atoms with Crippen LogP contribution in [-0.2, 0) is 5.41 Å². The third-order valence-electron chi connectivity index (χ3n) is 10.3. The zero-order chi connectivity index (χ0) is 44.2. The van der Waals surface area contributed by atoms with Gasteiger partial charge in [0.1, 0.15) is 0 Å². The number of rotatable bonds is 4. The lowest BCUT2D eigenvalue weighted by atomic mass is 9.81. The van der Waals surface area contributed by atoms with Crippen molar-refractivity contribution in [3.63, 3.8) is 0 Å². The Morgan fingerprint density at radius 3 is 1.94 bits per heavy atom. The maximum Gasteiger partial charge on any atom is 0.0645 e. The predicted octanol–water partition coefficient (Wildman–Crippen LogP) is 13.1. The predicted molar refractivity (Wildman–Crippen MR) is 223 cm³/mol. The molecule has 0 N–H and O–H groups in total. The van der Waals surface area contributed by atoms with E-state index in [4.69, 9.17) is 13.7 Å². The largest absolute Gasteiger partial charge is 0.311 e. The molecule has 0 radical (unpaired) electrons. The van der Waals surface area contributed by atoms with Crippen LogP contribution in [0.4, 0.5) is 17.1 Å². The van der Waals surface area contributed by atoms with Crippen LogP contribution in [0.25, 0.3) is 49.4 Å². The molecular weight excluding hydrogens is 641 g/mol. The lowest BCUT2D eigenvalue weighted by molar-refractivity contribution is 0.663. The fourth-order valence-electron chi connectivity index (χ4n) is 7.93. The van der Waals surface area contributed by atoms with Gasteiger partial charge in [-0.25, -0.2) is 0 Å². The minimum atomic E-state index is -0.622. The first-order chi connectivity index (χ1) is 30.2. The molecule has 0 bridgehead atoms. The van der Waals surface area contributed by atoms with Gasteiger partial charge in [0.15, 0.2) is 0 Å². The molecule has 10 rings (SSSR count). The topological polar surface area (TPSA) is 8.17 Å². The van der Waals surface area contributed by atoms with Gasteiger partial charge < -0.3 is 9.47 Å². The SMILES string of the molecule is [2H]c1c([2H])c([2H])c(N(c2ccc(C#Cc3ccc4c(c3)C(C)(C)c3c-4ccc4c5ccccc5n(-c5ccc6ccccc6c5)c34)cc2)c2c([2H])c([2H])c([2H])c([2H])c2[2H])c([2H])c1[2H]. The first kappa shape index (κ1) is 22.2. The third-order valence-corrected chi connectivity index (χ3v) is 10.3. The fourth-order valence-corrected chi connectivity index (χ4v) is 7.93. The van der Waals surface area contributed by atoms with E-state index in [1.165, 1.54) is 38.2 Å². The van der Waals surface area contributed by atoms with Gasteiger partial charge in [-0.15, -0.1) is 0 Å². The summed E-state index contributed by atoms with van der Waals surface area (Å²) in [5.41, 5.74) is 8.71. The van der Waals surface area contributed by atoms with Crippen molar-refractivity contribution in [3.8, 4) is 28.7 Å². The first-order valence-electron chi connectivity index (χ1n) is 22.5. The highest BCUT2D eigenvalue weighted by atomic mass is 15.1. The van der Waals surface area contributed by atoms with Crippen LogP contribution in [0.5, 0.6) is 0 Å². The number of hydrogen-bond acceptors (Lipinski definition) is 1. The van der Waals surface area contributed by atoms with Gasteiger partial charge in [0.2, 0.25) is 0 Å². The van der Waals surface area contributed by atoms with Crippen molar-refractivity contribution in [1.29, 1.82) is 0 Å². The Kier molecular flexibility index (Phi) is 5.09. The molecule has 1 aromatic heterocycles. The van der Waals surface area contributed by atoms with Crippen LogP contribution in [0, 0.1) is 11.8 Å². The molecule has 2 heteroatoms. The molecule has 0 atom stereocenters. The fraction of sp³-hybridized carbons (Fsp3) is 0.0588. The quantitative estimate of drug-likeness (QED) is 0.167. The monoisotopic (exact) mass is 686 g/mol. The summed E-state index contributed by atoms with van der Waals surface area (Å²) >= 11 is 0. The smallest absolute Gasteiger partial charge is 0.0645 e. The molecule has 1 aliphatic carbocycles. The van der Waals surface area contributed by atoms with Crippen LogP contribution in [-0.4, -0.2) is 4.57 Å². The standard InChI is InChI=1S/C51H36N2/c1-51(2)47-33-36(22-21-35-23-27-41(28-24-35)52(39-15-5-3-6-16-39)40-17-7-4-8-18-40)25-30-43(47)45-31-32-46-44-19-11-12-20-48(44)53(50(46)49(45)51)42-29-26-37-13-9-10-14-38(37)34-42/h3-20,23-34H,1-2H3/i3D,4D,5D,6D,7D,8D,15D,16D,17D,18D. The number of hydrogen-bond donors (Lipinski definition) is 0. The second-order valence-corrected chi connectivity index (χ2v) is 13.7. The van der Waals surface area contributed by atoms with Crippen LogP contribution in [0.15, 0.2) is 182 Å². The summed E-state index contributed by atoms with van der Waals surface area (Å²) in [4.78, 5) is 1.13. The van der Waals surface area contributed by atoms with E-state index in [-0.39, 0.29) is 22.5 Å². The van der Waals surface area contributed by atoms with E-state index in [1.54, 1.807) is 24.3 Å². The molecule has 2 nitrogen and oxygen atoms in total. The van der Waals surface area contributed by atoms with E-state index >= 15 is 0 Å². The molecule has 0 unspecified atom stereocenters.